The number of aromatic nitrogens is 2. The maximum atomic E-state index is 11.5. The number of rotatable bonds is 2. The molecule has 20 heavy (non-hydrogen) atoms. The zero-order valence-electron chi connectivity index (χ0n) is 12.4. The molecule has 1 N–H and O–H groups in total. The molecule has 1 amide bonds. The van der Waals surface area contributed by atoms with Crippen LogP contribution >= 0.6 is 0 Å². The number of nitrogens with zero attached hydrogens (tertiary/aromatic N) is 3. The zero-order valence-corrected chi connectivity index (χ0v) is 12.4. The highest BCUT2D eigenvalue weighted by molar-refractivity contribution is 6.07. The van der Waals surface area contributed by atoms with E-state index in [1.807, 2.05) is 0 Å². The van der Waals surface area contributed by atoms with E-state index in [1.54, 1.807) is 0 Å². The highest BCUT2D eigenvalue weighted by Gasteiger charge is 2.30. The van der Waals surface area contributed by atoms with Gasteiger partial charge in [0.2, 0.25) is 5.91 Å². The Morgan fingerprint density at radius 1 is 1.35 bits per heavy atom. The van der Waals surface area contributed by atoms with Crippen LogP contribution in [0.3, 0.4) is 0 Å². The van der Waals surface area contributed by atoms with Crippen LogP contribution in [0.1, 0.15) is 62.9 Å². The third-order valence-corrected chi connectivity index (χ3v) is 4.18. The second-order valence-corrected chi connectivity index (χ2v) is 6.18. The van der Waals surface area contributed by atoms with Crippen LogP contribution in [0.2, 0.25) is 0 Å². The molecule has 3 heterocycles. The van der Waals surface area contributed by atoms with Gasteiger partial charge < -0.3 is 0 Å². The van der Waals surface area contributed by atoms with Gasteiger partial charge in [0.1, 0.15) is 0 Å². The number of carbonyl (C=O) groups excluding carboxylic acids is 1. The fourth-order valence-electron chi connectivity index (χ4n) is 3.15. The molecule has 1 atom stereocenters. The molecule has 5 nitrogen and oxygen atoms in total. The average molecular weight is 274 g/mol. The molecule has 2 aliphatic rings. The van der Waals surface area contributed by atoms with Crippen LogP contribution in [-0.2, 0) is 17.8 Å². The lowest BCUT2D eigenvalue weighted by molar-refractivity contribution is -0.121. The van der Waals surface area contributed by atoms with Gasteiger partial charge in [0, 0.05) is 30.1 Å². The molecule has 0 fully saturated rings. The van der Waals surface area contributed by atoms with Crippen molar-refractivity contribution in [3.63, 3.8) is 0 Å². The molecule has 108 valence electrons. The molecule has 5 heteroatoms. The molecule has 1 aromatic rings. The van der Waals surface area contributed by atoms with Crippen molar-refractivity contribution >= 4 is 11.6 Å². The Bertz CT molecular complexity index is 571. The number of nitrogens with one attached hydrogen (secondary N) is 1. The van der Waals surface area contributed by atoms with Crippen LogP contribution in [-0.4, -0.2) is 21.4 Å². The molecule has 0 bridgehead atoms. The minimum atomic E-state index is 0.00776. The summed E-state index contributed by atoms with van der Waals surface area (Å²) in [5, 5.41) is 9.15. The van der Waals surface area contributed by atoms with Gasteiger partial charge in [-0.1, -0.05) is 20.8 Å². The van der Waals surface area contributed by atoms with Gasteiger partial charge in [-0.15, -0.1) is 0 Å². The predicted octanol–water partition coefficient (Wildman–Crippen LogP) is 2.20. The van der Waals surface area contributed by atoms with Crippen molar-refractivity contribution in [1.29, 1.82) is 0 Å². The number of aryl methyl sites for hydroxylation is 1. The van der Waals surface area contributed by atoms with Gasteiger partial charge in [-0.25, -0.2) is 5.43 Å². The topological polar surface area (TPSA) is 59.3 Å². The number of fused-ring (bicyclic) bond motifs is 1. The Hall–Kier alpha value is -1.65. The summed E-state index contributed by atoms with van der Waals surface area (Å²) in [6, 6.07) is 0. The van der Waals surface area contributed by atoms with Crippen LogP contribution in [0, 0.1) is 5.92 Å². The first kappa shape index (κ1) is 13.3. The second-order valence-electron chi connectivity index (χ2n) is 6.18. The van der Waals surface area contributed by atoms with Crippen molar-refractivity contribution in [3.8, 4) is 0 Å². The first-order valence-corrected chi connectivity index (χ1v) is 7.54. The fourth-order valence-corrected chi connectivity index (χ4v) is 3.15. The molecule has 0 saturated carbocycles. The third kappa shape index (κ3) is 2.15. The predicted molar refractivity (Wildman–Crippen MR) is 77.7 cm³/mol. The highest BCUT2D eigenvalue weighted by atomic mass is 16.2. The first-order chi connectivity index (χ1) is 9.58. The Balaban J connectivity index is 2.12. The SMILES string of the molecule is CC1CC(=O)NN=C1c1c(C(C)C)nn2c1CCCC2. The Morgan fingerprint density at radius 2 is 2.15 bits per heavy atom. The minimum Gasteiger partial charge on any atom is -0.273 e. The molecule has 0 spiro atoms. The summed E-state index contributed by atoms with van der Waals surface area (Å²) in [6.07, 6.45) is 3.99. The van der Waals surface area contributed by atoms with E-state index >= 15 is 0 Å². The van der Waals surface area contributed by atoms with E-state index in [4.69, 9.17) is 5.10 Å². The number of hydrogen-bond donors (Lipinski definition) is 1. The van der Waals surface area contributed by atoms with E-state index in [0.29, 0.717) is 12.3 Å². The number of hydrogen-bond acceptors (Lipinski definition) is 3. The minimum absolute atomic E-state index is 0.00776. The molecule has 3 rings (SSSR count). The van der Waals surface area contributed by atoms with Crippen LogP contribution in [0.15, 0.2) is 5.10 Å². The Kier molecular flexibility index (Phi) is 3.36. The van der Waals surface area contributed by atoms with E-state index in [9.17, 15) is 4.79 Å². The van der Waals surface area contributed by atoms with Gasteiger partial charge in [-0.3, -0.25) is 9.48 Å². The number of hydrazone groups is 1. The smallest absolute Gasteiger partial charge is 0.240 e. The van der Waals surface area contributed by atoms with Crippen molar-refractivity contribution < 1.29 is 4.79 Å². The summed E-state index contributed by atoms with van der Waals surface area (Å²) < 4.78 is 2.15. The van der Waals surface area contributed by atoms with E-state index in [0.717, 1.165) is 24.4 Å². The van der Waals surface area contributed by atoms with Gasteiger partial charge in [-0.05, 0) is 25.2 Å². The summed E-state index contributed by atoms with van der Waals surface area (Å²) in [6.45, 7) is 7.42. The van der Waals surface area contributed by atoms with Crippen LogP contribution in [0.4, 0.5) is 0 Å². The van der Waals surface area contributed by atoms with Gasteiger partial charge in [0.25, 0.3) is 0 Å². The van der Waals surface area contributed by atoms with Crippen LogP contribution in [0.5, 0.6) is 0 Å². The molecule has 0 aromatic carbocycles. The molecule has 0 saturated heterocycles. The van der Waals surface area contributed by atoms with E-state index in [-0.39, 0.29) is 11.8 Å². The number of carbonyl (C=O) groups is 1. The maximum Gasteiger partial charge on any atom is 0.240 e. The van der Waals surface area contributed by atoms with Gasteiger partial charge >= 0.3 is 0 Å². The maximum absolute atomic E-state index is 11.5. The molecule has 1 aromatic heterocycles. The van der Waals surface area contributed by atoms with E-state index < -0.39 is 0 Å². The van der Waals surface area contributed by atoms with E-state index in [1.165, 1.54) is 24.1 Å². The zero-order chi connectivity index (χ0) is 14.3. The van der Waals surface area contributed by atoms with Crippen molar-refractivity contribution in [2.24, 2.45) is 11.0 Å². The summed E-state index contributed by atoms with van der Waals surface area (Å²) in [5.41, 5.74) is 7.28. The Morgan fingerprint density at radius 3 is 2.85 bits per heavy atom. The van der Waals surface area contributed by atoms with Gasteiger partial charge in [-0.2, -0.15) is 10.2 Å². The quantitative estimate of drug-likeness (QED) is 0.898. The van der Waals surface area contributed by atoms with Crippen molar-refractivity contribution in [2.45, 2.75) is 58.9 Å². The number of amides is 1. The van der Waals surface area contributed by atoms with Crippen molar-refractivity contribution in [3.05, 3.63) is 17.0 Å². The largest absolute Gasteiger partial charge is 0.273 e. The molecule has 0 aliphatic carbocycles. The lowest BCUT2D eigenvalue weighted by atomic mass is 9.88. The molecule has 2 aliphatic heterocycles. The lowest BCUT2D eigenvalue weighted by Crippen LogP contribution is -2.33. The molecule has 1 unspecified atom stereocenters. The first-order valence-electron chi connectivity index (χ1n) is 7.54. The van der Waals surface area contributed by atoms with E-state index in [2.05, 4.69) is 36.0 Å². The van der Waals surface area contributed by atoms with Crippen molar-refractivity contribution in [2.75, 3.05) is 0 Å². The summed E-state index contributed by atoms with van der Waals surface area (Å²) >= 11 is 0. The van der Waals surface area contributed by atoms with Gasteiger partial charge in [0.15, 0.2) is 0 Å². The van der Waals surface area contributed by atoms with Gasteiger partial charge in [0.05, 0.1) is 11.4 Å². The fraction of sp³-hybridized carbons (Fsp3) is 0.667. The summed E-state index contributed by atoms with van der Waals surface area (Å²) in [4.78, 5) is 11.5. The molecular weight excluding hydrogens is 252 g/mol. The Labute approximate surface area is 119 Å². The third-order valence-electron chi connectivity index (χ3n) is 4.18. The second kappa shape index (κ2) is 5.04. The van der Waals surface area contributed by atoms with Crippen LogP contribution in [0.25, 0.3) is 0 Å². The highest BCUT2D eigenvalue weighted by Crippen LogP contribution is 2.30. The molecule has 0 radical (unpaired) electrons. The average Bonchev–Trinajstić information content (AvgIpc) is 2.78. The van der Waals surface area contributed by atoms with Crippen molar-refractivity contribution in [1.82, 2.24) is 15.2 Å². The summed E-state index contributed by atoms with van der Waals surface area (Å²) in [5.74, 6) is 0.543. The normalized spacial score (nSPS) is 22.5. The monoisotopic (exact) mass is 274 g/mol. The summed E-state index contributed by atoms with van der Waals surface area (Å²) in [7, 11) is 0. The standard InChI is InChI=1S/C15H22N4O/c1-9(2)14-13(11-6-4-5-7-19(11)18-14)15-10(3)8-12(20)16-17-15/h9-10H,4-8H2,1-3H3,(H,16,20). The molecular formula is C15H22N4O. The van der Waals surface area contributed by atoms with Crippen LogP contribution < -0.4 is 5.43 Å². The lowest BCUT2D eigenvalue weighted by Gasteiger charge is -2.22.